The van der Waals surface area contributed by atoms with Crippen LogP contribution in [0.15, 0.2) is 24.3 Å². The zero-order valence-corrected chi connectivity index (χ0v) is 18.7. The van der Waals surface area contributed by atoms with E-state index in [2.05, 4.69) is 15.5 Å². The van der Waals surface area contributed by atoms with Crippen molar-refractivity contribution in [3.63, 3.8) is 0 Å². The number of rotatable bonds is 7. The quantitative estimate of drug-likeness (QED) is 0.644. The first-order chi connectivity index (χ1) is 14.8. The molecule has 2 atom stereocenters. The molecular formula is C21H31FN4O4S. The number of amides is 3. The van der Waals surface area contributed by atoms with E-state index >= 15 is 0 Å². The number of hydrogen-bond acceptors (Lipinski definition) is 5. The second-order valence-corrected chi connectivity index (χ2v) is 10.4. The van der Waals surface area contributed by atoms with Crippen molar-refractivity contribution in [3.8, 4) is 0 Å². The molecule has 172 valence electrons. The molecule has 0 aliphatic carbocycles. The van der Waals surface area contributed by atoms with Gasteiger partial charge in [-0.3, -0.25) is 9.69 Å². The van der Waals surface area contributed by atoms with Crippen molar-refractivity contribution in [2.45, 2.75) is 44.8 Å². The minimum Gasteiger partial charge on any atom is -0.338 e. The Balaban J connectivity index is 1.48. The van der Waals surface area contributed by atoms with E-state index in [-0.39, 0.29) is 35.8 Å². The molecule has 2 fully saturated rings. The van der Waals surface area contributed by atoms with E-state index in [9.17, 15) is 22.4 Å². The number of urea groups is 1. The molecule has 3 rings (SSSR count). The van der Waals surface area contributed by atoms with E-state index < -0.39 is 21.9 Å². The molecule has 2 heterocycles. The van der Waals surface area contributed by atoms with Gasteiger partial charge < -0.3 is 15.5 Å². The monoisotopic (exact) mass is 454 g/mol. The SMILES string of the molecule is CCCC(NC(=O)NCc1ccc(F)cc1)C(=O)N1CCN(C2CCS(=O)(=O)C2)CC1. The normalized spacial score (nSPS) is 22.1. The molecule has 2 saturated heterocycles. The molecule has 1 aromatic carbocycles. The Morgan fingerprint density at radius 2 is 1.84 bits per heavy atom. The number of sulfone groups is 1. The molecule has 2 unspecified atom stereocenters. The highest BCUT2D eigenvalue weighted by atomic mass is 32.2. The summed E-state index contributed by atoms with van der Waals surface area (Å²) < 4.78 is 36.4. The molecule has 8 nitrogen and oxygen atoms in total. The molecular weight excluding hydrogens is 423 g/mol. The number of hydrogen-bond donors (Lipinski definition) is 2. The molecule has 0 saturated carbocycles. The van der Waals surface area contributed by atoms with E-state index in [0.717, 1.165) is 12.0 Å². The fourth-order valence-electron chi connectivity index (χ4n) is 4.13. The molecule has 1 aromatic rings. The van der Waals surface area contributed by atoms with E-state index in [1.54, 1.807) is 17.0 Å². The third-order valence-electron chi connectivity index (χ3n) is 5.90. The van der Waals surface area contributed by atoms with Crippen molar-refractivity contribution in [1.82, 2.24) is 20.4 Å². The Kier molecular flexibility index (Phi) is 7.88. The predicted molar refractivity (Wildman–Crippen MR) is 116 cm³/mol. The first-order valence-electron chi connectivity index (χ1n) is 10.8. The summed E-state index contributed by atoms with van der Waals surface area (Å²) in [4.78, 5) is 29.2. The molecule has 2 aliphatic heterocycles. The van der Waals surface area contributed by atoms with Gasteiger partial charge in [0.25, 0.3) is 0 Å². The highest BCUT2D eigenvalue weighted by Crippen LogP contribution is 2.19. The maximum absolute atomic E-state index is 13.0. The van der Waals surface area contributed by atoms with Gasteiger partial charge in [-0.15, -0.1) is 0 Å². The van der Waals surface area contributed by atoms with Gasteiger partial charge in [-0.25, -0.2) is 17.6 Å². The smallest absolute Gasteiger partial charge is 0.315 e. The van der Waals surface area contributed by atoms with E-state index in [0.29, 0.717) is 39.0 Å². The van der Waals surface area contributed by atoms with Crippen molar-refractivity contribution in [2.24, 2.45) is 0 Å². The Morgan fingerprint density at radius 1 is 1.16 bits per heavy atom. The van der Waals surface area contributed by atoms with Crippen LogP contribution >= 0.6 is 0 Å². The Bertz CT molecular complexity index is 870. The summed E-state index contributed by atoms with van der Waals surface area (Å²) in [5.74, 6) is -0.00410. The Labute approximate surface area is 183 Å². The van der Waals surface area contributed by atoms with Gasteiger partial charge in [-0.05, 0) is 30.5 Å². The number of carbonyl (C=O) groups excluding carboxylic acids is 2. The van der Waals surface area contributed by atoms with E-state index in [1.165, 1.54) is 12.1 Å². The lowest BCUT2D eigenvalue weighted by molar-refractivity contribution is -0.135. The lowest BCUT2D eigenvalue weighted by Crippen LogP contribution is -2.57. The number of nitrogens with zero attached hydrogens (tertiary/aromatic N) is 2. The van der Waals surface area contributed by atoms with Crippen LogP contribution in [-0.4, -0.2) is 79.9 Å². The summed E-state index contributed by atoms with van der Waals surface area (Å²) >= 11 is 0. The Morgan fingerprint density at radius 3 is 2.42 bits per heavy atom. The van der Waals surface area contributed by atoms with Gasteiger partial charge in [-0.1, -0.05) is 25.5 Å². The number of carbonyl (C=O) groups is 2. The number of benzene rings is 1. The average molecular weight is 455 g/mol. The summed E-state index contributed by atoms with van der Waals surface area (Å²) in [6.45, 7) is 4.52. The zero-order chi connectivity index (χ0) is 22.4. The summed E-state index contributed by atoms with van der Waals surface area (Å²) in [6.07, 6.45) is 1.93. The minimum atomic E-state index is -2.93. The van der Waals surface area contributed by atoms with Gasteiger partial charge in [-0.2, -0.15) is 0 Å². The first-order valence-corrected chi connectivity index (χ1v) is 12.6. The molecule has 2 N–H and O–H groups in total. The van der Waals surface area contributed by atoms with Gasteiger partial charge in [0.15, 0.2) is 9.84 Å². The number of halogens is 1. The van der Waals surface area contributed by atoms with Crippen LogP contribution in [0.2, 0.25) is 0 Å². The molecule has 0 spiro atoms. The lowest BCUT2D eigenvalue weighted by Gasteiger charge is -2.39. The Hall–Kier alpha value is -2.20. The van der Waals surface area contributed by atoms with Gasteiger partial charge in [0.1, 0.15) is 11.9 Å². The average Bonchev–Trinajstić information content (AvgIpc) is 3.12. The molecule has 0 aromatic heterocycles. The molecule has 3 amide bonds. The first kappa shape index (κ1) is 23.5. The van der Waals surface area contributed by atoms with E-state index in [1.807, 2.05) is 6.92 Å². The molecule has 31 heavy (non-hydrogen) atoms. The van der Waals surface area contributed by atoms with Crippen LogP contribution in [0.25, 0.3) is 0 Å². The second-order valence-electron chi connectivity index (χ2n) is 8.21. The van der Waals surface area contributed by atoms with Crippen LogP contribution in [0, 0.1) is 5.82 Å². The van der Waals surface area contributed by atoms with Crippen LogP contribution in [0.4, 0.5) is 9.18 Å². The van der Waals surface area contributed by atoms with Gasteiger partial charge in [0.2, 0.25) is 5.91 Å². The van der Waals surface area contributed by atoms with Crippen molar-refractivity contribution < 1.29 is 22.4 Å². The van der Waals surface area contributed by atoms with Crippen LogP contribution in [0.5, 0.6) is 0 Å². The van der Waals surface area contributed by atoms with Crippen molar-refractivity contribution in [2.75, 3.05) is 37.7 Å². The summed E-state index contributed by atoms with van der Waals surface area (Å²) in [5, 5.41) is 5.47. The molecule has 2 aliphatic rings. The van der Waals surface area contributed by atoms with Crippen molar-refractivity contribution in [3.05, 3.63) is 35.6 Å². The molecule has 10 heteroatoms. The van der Waals surface area contributed by atoms with Crippen molar-refractivity contribution in [1.29, 1.82) is 0 Å². The van der Waals surface area contributed by atoms with Crippen LogP contribution in [-0.2, 0) is 21.2 Å². The highest BCUT2D eigenvalue weighted by molar-refractivity contribution is 7.91. The number of nitrogens with one attached hydrogen (secondary N) is 2. The molecule has 0 radical (unpaired) electrons. The van der Waals surface area contributed by atoms with Gasteiger partial charge >= 0.3 is 6.03 Å². The third-order valence-corrected chi connectivity index (χ3v) is 7.65. The fourth-order valence-corrected chi connectivity index (χ4v) is 5.89. The van der Waals surface area contributed by atoms with Crippen molar-refractivity contribution >= 4 is 21.8 Å². The van der Waals surface area contributed by atoms with Crippen LogP contribution in [0.3, 0.4) is 0 Å². The maximum Gasteiger partial charge on any atom is 0.315 e. The van der Waals surface area contributed by atoms with Crippen LogP contribution < -0.4 is 10.6 Å². The number of piperazine rings is 1. The summed E-state index contributed by atoms with van der Waals surface area (Å²) in [7, 11) is -2.93. The molecule has 0 bridgehead atoms. The highest BCUT2D eigenvalue weighted by Gasteiger charge is 2.35. The lowest BCUT2D eigenvalue weighted by atomic mass is 10.1. The largest absolute Gasteiger partial charge is 0.338 e. The van der Waals surface area contributed by atoms with Gasteiger partial charge in [0, 0.05) is 38.8 Å². The topological polar surface area (TPSA) is 98.8 Å². The van der Waals surface area contributed by atoms with Crippen LogP contribution in [0.1, 0.15) is 31.7 Å². The standard InChI is InChI=1S/C21H31FN4O4S/c1-2-3-19(24-21(28)23-14-16-4-6-17(22)7-5-16)20(27)26-11-9-25(10-12-26)18-8-13-31(29,30)15-18/h4-7,18-19H,2-3,8-15H2,1H3,(H2,23,24,28). The second kappa shape index (κ2) is 10.4. The van der Waals surface area contributed by atoms with Gasteiger partial charge in [0.05, 0.1) is 11.5 Å². The predicted octanol–water partition coefficient (Wildman–Crippen LogP) is 1.12. The van der Waals surface area contributed by atoms with E-state index in [4.69, 9.17) is 0 Å². The minimum absolute atomic E-state index is 0.0454. The third kappa shape index (κ3) is 6.64. The maximum atomic E-state index is 13.0. The summed E-state index contributed by atoms with van der Waals surface area (Å²) in [6, 6.07) is 4.85. The summed E-state index contributed by atoms with van der Waals surface area (Å²) in [5.41, 5.74) is 0.764. The fraction of sp³-hybridized carbons (Fsp3) is 0.619. The zero-order valence-electron chi connectivity index (χ0n) is 17.8.